The molecule has 0 spiro atoms. The Bertz CT molecular complexity index is 360. The van der Waals surface area contributed by atoms with Gasteiger partial charge in [-0.3, -0.25) is 4.79 Å². The summed E-state index contributed by atoms with van der Waals surface area (Å²) in [5, 5.41) is 0.578. The van der Waals surface area contributed by atoms with Crippen molar-refractivity contribution in [3.63, 3.8) is 0 Å². The molecule has 0 saturated heterocycles. The summed E-state index contributed by atoms with van der Waals surface area (Å²) in [6.45, 7) is 3.62. The van der Waals surface area contributed by atoms with Crippen LogP contribution in [-0.4, -0.2) is 13.1 Å². The SMILES string of the molecule is C=CCC(C(=O)OC)c1ccccc1Cl. The molecule has 15 heavy (non-hydrogen) atoms. The predicted octanol–water partition coefficient (Wildman–Crippen LogP) is 3.17. The van der Waals surface area contributed by atoms with Gasteiger partial charge in [-0.1, -0.05) is 35.9 Å². The van der Waals surface area contributed by atoms with Gasteiger partial charge in [0, 0.05) is 5.02 Å². The monoisotopic (exact) mass is 224 g/mol. The van der Waals surface area contributed by atoms with Gasteiger partial charge in [-0.05, 0) is 18.1 Å². The Morgan fingerprint density at radius 3 is 2.80 bits per heavy atom. The Balaban J connectivity index is 3.03. The highest BCUT2D eigenvalue weighted by Crippen LogP contribution is 2.28. The van der Waals surface area contributed by atoms with Gasteiger partial charge in [0.05, 0.1) is 13.0 Å². The van der Waals surface area contributed by atoms with Gasteiger partial charge in [0.1, 0.15) is 0 Å². The Labute approximate surface area is 94.5 Å². The lowest BCUT2D eigenvalue weighted by molar-refractivity contribution is -0.142. The lowest BCUT2D eigenvalue weighted by atomic mass is 9.96. The zero-order valence-corrected chi connectivity index (χ0v) is 9.33. The second-order valence-electron chi connectivity index (χ2n) is 3.12. The minimum Gasteiger partial charge on any atom is -0.469 e. The van der Waals surface area contributed by atoms with Crippen molar-refractivity contribution in [2.75, 3.05) is 7.11 Å². The molecule has 1 atom stereocenters. The number of esters is 1. The van der Waals surface area contributed by atoms with E-state index in [0.29, 0.717) is 11.4 Å². The van der Waals surface area contributed by atoms with E-state index < -0.39 is 0 Å². The number of hydrogen-bond donors (Lipinski definition) is 0. The van der Waals surface area contributed by atoms with Crippen molar-refractivity contribution in [3.05, 3.63) is 47.5 Å². The van der Waals surface area contributed by atoms with E-state index in [1.807, 2.05) is 18.2 Å². The molecular formula is C12H13ClO2. The molecule has 1 aromatic carbocycles. The summed E-state index contributed by atoms with van der Waals surface area (Å²) in [6, 6.07) is 7.26. The van der Waals surface area contributed by atoms with Crippen LogP contribution in [0.3, 0.4) is 0 Å². The molecule has 1 unspecified atom stereocenters. The molecule has 0 saturated carbocycles. The highest BCUT2D eigenvalue weighted by atomic mass is 35.5. The highest BCUT2D eigenvalue weighted by Gasteiger charge is 2.21. The number of allylic oxidation sites excluding steroid dienone is 1. The fourth-order valence-corrected chi connectivity index (χ4v) is 1.68. The third kappa shape index (κ3) is 2.83. The standard InChI is InChI=1S/C12H13ClO2/c1-3-6-10(12(14)15-2)9-7-4-5-8-11(9)13/h3-5,7-8,10H,1,6H2,2H3. The average molecular weight is 225 g/mol. The van der Waals surface area contributed by atoms with Crippen molar-refractivity contribution in [1.82, 2.24) is 0 Å². The van der Waals surface area contributed by atoms with E-state index in [9.17, 15) is 4.79 Å². The van der Waals surface area contributed by atoms with Crippen LogP contribution in [0.2, 0.25) is 5.02 Å². The van der Waals surface area contributed by atoms with E-state index in [1.54, 1.807) is 12.1 Å². The summed E-state index contributed by atoms with van der Waals surface area (Å²) in [5.74, 6) is -0.649. The summed E-state index contributed by atoms with van der Waals surface area (Å²) in [4.78, 5) is 11.5. The van der Waals surface area contributed by atoms with Gasteiger partial charge in [0.2, 0.25) is 0 Å². The van der Waals surface area contributed by atoms with Crippen LogP contribution in [0.15, 0.2) is 36.9 Å². The van der Waals surface area contributed by atoms with Crippen LogP contribution in [0.4, 0.5) is 0 Å². The van der Waals surface area contributed by atoms with Gasteiger partial charge in [0.25, 0.3) is 0 Å². The quantitative estimate of drug-likeness (QED) is 0.580. The smallest absolute Gasteiger partial charge is 0.313 e. The van der Waals surface area contributed by atoms with E-state index in [-0.39, 0.29) is 11.9 Å². The first-order chi connectivity index (χ1) is 7.20. The van der Waals surface area contributed by atoms with Crippen LogP contribution >= 0.6 is 11.6 Å². The molecule has 0 radical (unpaired) electrons. The van der Waals surface area contributed by atoms with Crippen LogP contribution in [0.1, 0.15) is 17.9 Å². The molecule has 0 heterocycles. The van der Waals surface area contributed by atoms with Gasteiger partial charge in [-0.15, -0.1) is 6.58 Å². The van der Waals surface area contributed by atoms with Gasteiger partial charge in [-0.2, -0.15) is 0 Å². The number of benzene rings is 1. The number of methoxy groups -OCH3 is 1. The zero-order valence-electron chi connectivity index (χ0n) is 8.57. The van der Waals surface area contributed by atoms with Crippen LogP contribution in [0.25, 0.3) is 0 Å². The van der Waals surface area contributed by atoms with Gasteiger partial charge in [0.15, 0.2) is 0 Å². The first-order valence-electron chi connectivity index (χ1n) is 4.63. The number of carbonyl (C=O) groups excluding carboxylic acids is 1. The van der Waals surface area contributed by atoms with E-state index in [0.717, 1.165) is 5.56 Å². The molecule has 0 aliphatic heterocycles. The highest BCUT2D eigenvalue weighted by molar-refractivity contribution is 6.31. The van der Waals surface area contributed by atoms with Gasteiger partial charge >= 0.3 is 5.97 Å². The van der Waals surface area contributed by atoms with Crippen LogP contribution in [0, 0.1) is 0 Å². The fourth-order valence-electron chi connectivity index (χ4n) is 1.42. The fraction of sp³-hybridized carbons (Fsp3) is 0.250. The molecule has 2 nitrogen and oxygen atoms in total. The predicted molar refractivity (Wildman–Crippen MR) is 61.0 cm³/mol. The van der Waals surface area contributed by atoms with Gasteiger partial charge < -0.3 is 4.74 Å². The first kappa shape index (κ1) is 11.8. The van der Waals surface area contributed by atoms with Crippen LogP contribution < -0.4 is 0 Å². The molecule has 1 rings (SSSR count). The molecule has 0 aromatic heterocycles. The minimum absolute atomic E-state index is 0.289. The van der Waals surface area contributed by atoms with E-state index in [1.165, 1.54) is 7.11 Å². The molecule has 3 heteroatoms. The molecule has 80 valence electrons. The molecular weight excluding hydrogens is 212 g/mol. The summed E-state index contributed by atoms with van der Waals surface area (Å²) < 4.78 is 4.73. The van der Waals surface area contributed by atoms with Crippen molar-refractivity contribution >= 4 is 17.6 Å². The molecule has 0 bridgehead atoms. The van der Waals surface area contributed by atoms with Crippen molar-refractivity contribution in [2.24, 2.45) is 0 Å². The largest absolute Gasteiger partial charge is 0.469 e. The summed E-state index contributed by atoms with van der Waals surface area (Å²) in [7, 11) is 1.37. The van der Waals surface area contributed by atoms with E-state index >= 15 is 0 Å². The normalized spacial score (nSPS) is 11.9. The molecule has 0 N–H and O–H groups in total. The maximum absolute atomic E-state index is 11.5. The first-order valence-corrected chi connectivity index (χ1v) is 5.01. The number of halogens is 1. The number of rotatable bonds is 4. The van der Waals surface area contributed by atoms with Crippen LogP contribution in [0.5, 0.6) is 0 Å². The molecule has 0 aliphatic carbocycles. The Kier molecular flexibility index (Phi) is 4.37. The molecule has 1 aromatic rings. The molecule has 0 amide bonds. The molecule has 0 aliphatic rings. The molecule has 0 fully saturated rings. The summed E-state index contributed by atoms with van der Waals surface area (Å²) in [6.07, 6.45) is 2.21. The minimum atomic E-state index is -0.360. The average Bonchev–Trinajstić information content (AvgIpc) is 2.26. The third-order valence-corrected chi connectivity index (χ3v) is 2.51. The van der Waals surface area contributed by atoms with Gasteiger partial charge in [-0.25, -0.2) is 0 Å². The van der Waals surface area contributed by atoms with Crippen molar-refractivity contribution < 1.29 is 9.53 Å². The van der Waals surface area contributed by atoms with Crippen molar-refractivity contribution in [1.29, 1.82) is 0 Å². The maximum atomic E-state index is 11.5. The summed E-state index contributed by atoms with van der Waals surface area (Å²) in [5.41, 5.74) is 0.783. The number of hydrogen-bond acceptors (Lipinski definition) is 2. The number of ether oxygens (including phenoxy) is 1. The van der Waals surface area contributed by atoms with E-state index in [4.69, 9.17) is 16.3 Å². The lowest BCUT2D eigenvalue weighted by Crippen LogP contribution is -2.14. The van der Waals surface area contributed by atoms with E-state index in [2.05, 4.69) is 6.58 Å². The van der Waals surface area contributed by atoms with Crippen LogP contribution in [-0.2, 0) is 9.53 Å². The second kappa shape index (κ2) is 5.56. The topological polar surface area (TPSA) is 26.3 Å². The second-order valence-corrected chi connectivity index (χ2v) is 3.53. The maximum Gasteiger partial charge on any atom is 0.313 e. The Morgan fingerprint density at radius 2 is 2.27 bits per heavy atom. The zero-order chi connectivity index (χ0) is 11.3. The number of carbonyl (C=O) groups is 1. The Morgan fingerprint density at radius 1 is 1.60 bits per heavy atom. The Hall–Kier alpha value is -1.28. The lowest BCUT2D eigenvalue weighted by Gasteiger charge is -2.14. The van der Waals surface area contributed by atoms with Crippen molar-refractivity contribution in [3.8, 4) is 0 Å². The summed E-state index contributed by atoms with van der Waals surface area (Å²) >= 11 is 6.01. The van der Waals surface area contributed by atoms with Crippen molar-refractivity contribution in [2.45, 2.75) is 12.3 Å². The third-order valence-electron chi connectivity index (χ3n) is 2.17.